The summed E-state index contributed by atoms with van der Waals surface area (Å²) in [6.45, 7) is 2.33. The fraction of sp³-hybridized carbons (Fsp3) is 0.462. The summed E-state index contributed by atoms with van der Waals surface area (Å²) in [5.41, 5.74) is 0.812. The van der Waals surface area contributed by atoms with Gasteiger partial charge in [0.05, 0.1) is 18.1 Å². The van der Waals surface area contributed by atoms with Gasteiger partial charge in [-0.05, 0) is 12.1 Å². The number of ether oxygens (including phenoxy) is 1. The zero-order valence-corrected chi connectivity index (χ0v) is 11.5. The van der Waals surface area contributed by atoms with Gasteiger partial charge in [0.1, 0.15) is 5.69 Å². The molecule has 0 radical (unpaired) electrons. The van der Waals surface area contributed by atoms with Crippen LogP contribution in [0, 0.1) is 10.1 Å². The summed E-state index contributed by atoms with van der Waals surface area (Å²) < 4.78 is 5.24. The fourth-order valence-corrected chi connectivity index (χ4v) is 2.13. The molecule has 1 aromatic carbocycles. The maximum Gasteiger partial charge on any atom is 0.293 e. The van der Waals surface area contributed by atoms with E-state index >= 15 is 0 Å². The summed E-state index contributed by atoms with van der Waals surface area (Å²) in [6, 6.07) is 4.60. The minimum Gasteiger partial charge on any atom is -0.378 e. The predicted molar refractivity (Wildman–Crippen MR) is 74.1 cm³/mol. The number of nitrogens with zero attached hydrogens (tertiary/aromatic N) is 3. The van der Waals surface area contributed by atoms with Gasteiger partial charge in [-0.2, -0.15) is 0 Å². The number of carbonyl (C=O) groups excluding carboxylic acids is 1. The van der Waals surface area contributed by atoms with Gasteiger partial charge in [-0.25, -0.2) is 0 Å². The van der Waals surface area contributed by atoms with Gasteiger partial charge in [0.25, 0.3) is 11.6 Å². The molecule has 0 aromatic heterocycles. The molecule has 7 heteroatoms. The topological polar surface area (TPSA) is 75.9 Å². The smallest absolute Gasteiger partial charge is 0.293 e. The number of hydrogen-bond acceptors (Lipinski definition) is 5. The number of benzene rings is 1. The average molecular weight is 279 g/mol. The summed E-state index contributed by atoms with van der Waals surface area (Å²) in [4.78, 5) is 26.0. The molecule has 1 fully saturated rings. The molecule has 108 valence electrons. The summed E-state index contributed by atoms with van der Waals surface area (Å²) in [7, 11) is 3.23. The second kappa shape index (κ2) is 5.87. The molecule has 1 aromatic rings. The Morgan fingerprint density at radius 3 is 2.55 bits per heavy atom. The Kier molecular flexibility index (Phi) is 4.19. The summed E-state index contributed by atoms with van der Waals surface area (Å²) in [5, 5.41) is 11.2. The SMILES string of the molecule is CN(C)C(=O)c1ccc(N2CCOCC2)c([N+](=O)[O-])c1. The standard InChI is InChI=1S/C13H17N3O4/c1-14(2)13(17)10-3-4-11(12(9-10)16(18)19)15-5-7-20-8-6-15/h3-4,9H,5-8H2,1-2H3. The Hall–Kier alpha value is -2.15. The number of amides is 1. The molecule has 1 amide bonds. The molecule has 0 bridgehead atoms. The molecule has 2 rings (SSSR count). The molecule has 0 N–H and O–H groups in total. The van der Waals surface area contributed by atoms with Gasteiger partial charge in [0, 0.05) is 38.8 Å². The lowest BCUT2D eigenvalue weighted by Crippen LogP contribution is -2.36. The zero-order chi connectivity index (χ0) is 14.7. The van der Waals surface area contributed by atoms with Crippen molar-refractivity contribution >= 4 is 17.3 Å². The number of anilines is 1. The molecule has 1 aliphatic heterocycles. The number of nitro groups is 1. The van der Waals surface area contributed by atoms with Crippen molar-refractivity contribution in [1.29, 1.82) is 0 Å². The Balaban J connectivity index is 2.37. The van der Waals surface area contributed by atoms with Crippen LogP contribution in [-0.4, -0.2) is 56.1 Å². The van der Waals surface area contributed by atoms with Crippen molar-refractivity contribution in [2.24, 2.45) is 0 Å². The van der Waals surface area contributed by atoms with Crippen molar-refractivity contribution < 1.29 is 14.5 Å². The van der Waals surface area contributed by atoms with Crippen LogP contribution in [0.25, 0.3) is 0 Å². The van der Waals surface area contributed by atoms with Gasteiger partial charge in [-0.3, -0.25) is 14.9 Å². The van der Waals surface area contributed by atoms with Crippen LogP contribution in [0.1, 0.15) is 10.4 Å². The maximum absolute atomic E-state index is 11.9. The van der Waals surface area contributed by atoms with E-state index in [0.717, 1.165) is 0 Å². The molecule has 20 heavy (non-hydrogen) atoms. The van der Waals surface area contributed by atoms with E-state index < -0.39 is 4.92 Å². The summed E-state index contributed by atoms with van der Waals surface area (Å²) in [6.07, 6.45) is 0. The normalized spacial score (nSPS) is 15.0. The third-order valence-electron chi connectivity index (χ3n) is 3.18. The first-order valence-electron chi connectivity index (χ1n) is 6.33. The molecule has 1 aliphatic rings. The van der Waals surface area contributed by atoms with Gasteiger partial charge in [0.2, 0.25) is 0 Å². The average Bonchev–Trinajstić information content (AvgIpc) is 2.46. The summed E-state index contributed by atoms with van der Waals surface area (Å²) in [5.74, 6) is -0.248. The Morgan fingerprint density at radius 1 is 1.35 bits per heavy atom. The van der Waals surface area contributed by atoms with E-state index in [-0.39, 0.29) is 11.6 Å². The number of carbonyl (C=O) groups is 1. The largest absolute Gasteiger partial charge is 0.378 e. The molecule has 0 spiro atoms. The molecule has 7 nitrogen and oxygen atoms in total. The van der Waals surface area contributed by atoms with Crippen LogP contribution in [0.2, 0.25) is 0 Å². The molecule has 0 aliphatic carbocycles. The highest BCUT2D eigenvalue weighted by Gasteiger charge is 2.23. The van der Waals surface area contributed by atoms with Crippen LogP contribution in [0.3, 0.4) is 0 Å². The second-order valence-electron chi connectivity index (χ2n) is 4.76. The van der Waals surface area contributed by atoms with E-state index in [1.54, 1.807) is 26.2 Å². The molecular formula is C13H17N3O4. The Bertz CT molecular complexity index is 524. The third-order valence-corrected chi connectivity index (χ3v) is 3.18. The van der Waals surface area contributed by atoms with Gasteiger partial charge in [-0.1, -0.05) is 0 Å². The van der Waals surface area contributed by atoms with Gasteiger partial charge >= 0.3 is 0 Å². The molecule has 1 saturated heterocycles. The number of hydrogen-bond donors (Lipinski definition) is 0. The van der Waals surface area contributed by atoms with Gasteiger partial charge in [0.15, 0.2) is 0 Å². The van der Waals surface area contributed by atoms with Crippen LogP contribution < -0.4 is 4.90 Å². The Labute approximate surface area is 116 Å². The molecule has 0 unspecified atom stereocenters. The lowest BCUT2D eigenvalue weighted by molar-refractivity contribution is -0.384. The van der Waals surface area contributed by atoms with Crippen molar-refractivity contribution in [3.63, 3.8) is 0 Å². The maximum atomic E-state index is 11.9. The lowest BCUT2D eigenvalue weighted by atomic mass is 10.1. The third kappa shape index (κ3) is 2.88. The number of rotatable bonds is 3. The first-order chi connectivity index (χ1) is 9.50. The van der Waals surface area contributed by atoms with Gasteiger partial charge in [-0.15, -0.1) is 0 Å². The first-order valence-corrected chi connectivity index (χ1v) is 6.33. The minimum absolute atomic E-state index is 0.0420. The van der Waals surface area contributed by atoms with Crippen molar-refractivity contribution in [3.05, 3.63) is 33.9 Å². The van der Waals surface area contributed by atoms with E-state index in [4.69, 9.17) is 4.74 Å². The van der Waals surface area contributed by atoms with Crippen LogP contribution in [-0.2, 0) is 4.74 Å². The van der Waals surface area contributed by atoms with E-state index in [9.17, 15) is 14.9 Å². The number of nitro benzene ring substituents is 1. The number of morpholine rings is 1. The Morgan fingerprint density at radius 2 is 2.00 bits per heavy atom. The van der Waals surface area contributed by atoms with Crippen LogP contribution >= 0.6 is 0 Å². The van der Waals surface area contributed by atoms with E-state index in [2.05, 4.69) is 0 Å². The predicted octanol–water partition coefficient (Wildman–Crippen LogP) is 1.13. The fourth-order valence-electron chi connectivity index (χ4n) is 2.13. The monoisotopic (exact) mass is 279 g/mol. The van der Waals surface area contributed by atoms with Crippen molar-refractivity contribution in [3.8, 4) is 0 Å². The molecule has 1 heterocycles. The zero-order valence-electron chi connectivity index (χ0n) is 11.5. The quantitative estimate of drug-likeness (QED) is 0.612. The van der Waals surface area contributed by atoms with Crippen LogP contribution in [0.15, 0.2) is 18.2 Å². The van der Waals surface area contributed by atoms with E-state index in [1.165, 1.54) is 11.0 Å². The van der Waals surface area contributed by atoms with Crippen LogP contribution in [0.4, 0.5) is 11.4 Å². The minimum atomic E-state index is -0.447. The van der Waals surface area contributed by atoms with Crippen molar-refractivity contribution in [1.82, 2.24) is 4.90 Å². The molecular weight excluding hydrogens is 262 g/mol. The van der Waals surface area contributed by atoms with E-state index in [1.807, 2.05) is 4.90 Å². The highest BCUT2D eigenvalue weighted by molar-refractivity contribution is 5.95. The highest BCUT2D eigenvalue weighted by atomic mass is 16.6. The van der Waals surface area contributed by atoms with Crippen molar-refractivity contribution in [2.75, 3.05) is 45.3 Å². The van der Waals surface area contributed by atoms with Gasteiger partial charge < -0.3 is 14.5 Å². The molecule has 0 atom stereocenters. The van der Waals surface area contributed by atoms with Crippen molar-refractivity contribution in [2.45, 2.75) is 0 Å². The van der Waals surface area contributed by atoms with E-state index in [0.29, 0.717) is 37.6 Å². The summed E-state index contributed by atoms with van der Waals surface area (Å²) >= 11 is 0. The van der Waals surface area contributed by atoms with Crippen LogP contribution in [0.5, 0.6) is 0 Å². The highest BCUT2D eigenvalue weighted by Crippen LogP contribution is 2.30. The lowest BCUT2D eigenvalue weighted by Gasteiger charge is -2.28. The first kappa shape index (κ1) is 14.3. The second-order valence-corrected chi connectivity index (χ2v) is 4.76. The molecule has 0 saturated carbocycles.